The third-order valence-electron chi connectivity index (χ3n) is 3.47. The molecule has 1 atom stereocenters. The molecule has 0 radical (unpaired) electrons. The zero-order chi connectivity index (χ0) is 12.4. The van der Waals surface area contributed by atoms with E-state index in [0.29, 0.717) is 27.7 Å². The third-order valence-corrected chi connectivity index (χ3v) is 4.13. The standard InChI is InChI=1S/C13H16BrNO2/c1-8(9-4-2-5-9)15-11-7-3-6-10(14)12(11)13(16)17/h3,6-9,15H,2,4-5H2,1H3,(H,16,17). The van der Waals surface area contributed by atoms with Crippen LogP contribution in [-0.4, -0.2) is 17.1 Å². The second-order valence-corrected chi connectivity index (χ2v) is 5.45. The maximum atomic E-state index is 11.2. The lowest BCUT2D eigenvalue weighted by molar-refractivity contribution is 0.0697. The molecule has 0 amide bonds. The van der Waals surface area contributed by atoms with E-state index >= 15 is 0 Å². The average Bonchev–Trinajstić information content (AvgIpc) is 2.13. The second-order valence-electron chi connectivity index (χ2n) is 4.59. The highest BCUT2D eigenvalue weighted by Crippen LogP contribution is 2.32. The monoisotopic (exact) mass is 297 g/mol. The zero-order valence-electron chi connectivity index (χ0n) is 9.74. The van der Waals surface area contributed by atoms with Crippen molar-refractivity contribution in [2.24, 2.45) is 5.92 Å². The van der Waals surface area contributed by atoms with E-state index < -0.39 is 5.97 Å². The molecule has 2 N–H and O–H groups in total. The summed E-state index contributed by atoms with van der Waals surface area (Å²) >= 11 is 3.28. The molecule has 0 saturated heterocycles. The highest BCUT2D eigenvalue weighted by molar-refractivity contribution is 9.10. The number of carbonyl (C=O) groups is 1. The summed E-state index contributed by atoms with van der Waals surface area (Å²) in [6, 6.07) is 5.76. The van der Waals surface area contributed by atoms with Gasteiger partial charge in [-0.15, -0.1) is 0 Å². The number of hydrogen-bond donors (Lipinski definition) is 2. The molecule has 1 aromatic carbocycles. The Labute approximate surface area is 109 Å². The number of carboxylic acid groups (broad SMARTS) is 1. The van der Waals surface area contributed by atoms with Gasteiger partial charge in [-0.25, -0.2) is 4.79 Å². The summed E-state index contributed by atoms with van der Waals surface area (Å²) in [7, 11) is 0. The van der Waals surface area contributed by atoms with Gasteiger partial charge in [0, 0.05) is 10.5 Å². The number of anilines is 1. The number of hydrogen-bond acceptors (Lipinski definition) is 2. The van der Waals surface area contributed by atoms with Gasteiger partial charge in [-0.2, -0.15) is 0 Å². The van der Waals surface area contributed by atoms with Crippen molar-refractivity contribution in [3.8, 4) is 0 Å². The van der Waals surface area contributed by atoms with Gasteiger partial charge in [-0.05, 0) is 53.7 Å². The molecule has 1 saturated carbocycles. The normalized spacial score (nSPS) is 17.3. The predicted octanol–water partition coefficient (Wildman–Crippen LogP) is 3.75. The van der Waals surface area contributed by atoms with E-state index in [0.717, 1.165) is 0 Å². The number of aromatic carboxylic acids is 1. The van der Waals surface area contributed by atoms with E-state index in [1.165, 1.54) is 19.3 Å². The molecule has 1 unspecified atom stereocenters. The smallest absolute Gasteiger partial charge is 0.338 e. The van der Waals surface area contributed by atoms with E-state index in [2.05, 4.69) is 28.2 Å². The fraction of sp³-hybridized carbons (Fsp3) is 0.462. The second kappa shape index (κ2) is 5.08. The first-order valence-corrected chi connectivity index (χ1v) is 6.67. The number of benzene rings is 1. The Bertz CT molecular complexity index is 429. The van der Waals surface area contributed by atoms with Crippen LogP contribution in [-0.2, 0) is 0 Å². The Morgan fingerprint density at radius 3 is 2.76 bits per heavy atom. The highest BCUT2D eigenvalue weighted by Gasteiger charge is 2.25. The van der Waals surface area contributed by atoms with Crippen molar-refractivity contribution in [1.29, 1.82) is 0 Å². The number of halogens is 1. The summed E-state index contributed by atoms with van der Waals surface area (Å²) in [4.78, 5) is 11.2. The molecular formula is C13H16BrNO2. The van der Waals surface area contributed by atoms with Crippen molar-refractivity contribution in [2.75, 3.05) is 5.32 Å². The van der Waals surface area contributed by atoms with Crippen molar-refractivity contribution in [3.63, 3.8) is 0 Å². The van der Waals surface area contributed by atoms with Crippen molar-refractivity contribution in [1.82, 2.24) is 0 Å². The minimum Gasteiger partial charge on any atom is -0.478 e. The first-order valence-electron chi connectivity index (χ1n) is 5.88. The molecule has 0 heterocycles. The van der Waals surface area contributed by atoms with Crippen LogP contribution in [0.25, 0.3) is 0 Å². The Balaban J connectivity index is 2.19. The average molecular weight is 298 g/mol. The first-order chi connectivity index (χ1) is 8.09. The van der Waals surface area contributed by atoms with Crippen LogP contribution >= 0.6 is 15.9 Å². The van der Waals surface area contributed by atoms with E-state index in [1.807, 2.05) is 12.1 Å². The molecule has 1 aromatic rings. The Kier molecular flexibility index (Phi) is 3.72. The Morgan fingerprint density at radius 1 is 1.53 bits per heavy atom. The van der Waals surface area contributed by atoms with Crippen molar-refractivity contribution in [3.05, 3.63) is 28.2 Å². The molecule has 1 fully saturated rings. The maximum absolute atomic E-state index is 11.2. The van der Waals surface area contributed by atoms with Gasteiger partial charge in [0.1, 0.15) is 0 Å². The molecule has 1 aliphatic rings. The van der Waals surface area contributed by atoms with Crippen LogP contribution in [0.2, 0.25) is 0 Å². The van der Waals surface area contributed by atoms with Gasteiger partial charge in [0.05, 0.1) is 11.3 Å². The summed E-state index contributed by atoms with van der Waals surface area (Å²) in [5.41, 5.74) is 1.02. The maximum Gasteiger partial charge on any atom is 0.338 e. The lowest BCUT2D eigenvalue weighted by atomic mass is 9.80. The largest absolute Gasteiger partial charge is 0.478 e. The Hall–Kier alpha value is -1.03. The molecular weight excluding hydrogens is 282 g/mol. The molecule has 17 heavy (non-hydrogen) atoms. The Morgan fingerprint density at radius 2 is 2.24 bits per heavy atom. The topological polar surface area (TPSA) is 49.3 Å². The van der Waals surface area contributed by atoms with Crippen LogP contribution in [0.1, 0.15) is 36.5 Å². The highest BCUT2D eigenvalue weighted by atomic mass is 79.9. The van der Waals surface area contributed by atoms with Crippen LogP contribution in [0.5, 0.6) is 0 Å². The molecule has 1 aliphatic carbocycles. The summed E-state index contributed by atoms with van der Waals surface area (Å²) in [6.45, 7) is 2.12. The van der Waals surface area contributed by atoms with Crippen molar-refractivity contribution >= 4 is 27.6 Å². The predicted molar refractivity (Wildman–Crippen MR) is 71.5 cm³/mol. The minimum absolute atomic E-state index is 0.318. The van der Waals surface area contributed by atoms with E-state index in [9.17, 15) is 9.90 Å². The van der Waals surface area contributed by atoms with E-state index in [-0.39, 0.29) is 0 Å². The van der Waals surface area contributed by atoms with Gasteiger partial charge >= 0.3 is 5.97 Å². The fourth-order valence-electron chi connectivity index (χ4n) is 2.16. The van der Waals surface area contributed by atoms with Crippen LogP contribution in [0, 0.1) is 5.92 Å². The van der Waals surface area contributed by atoms with Crippen LogP contribution in [0.15, 0.2) is 22.7 Å². The molecule has 0 bridgehead atoms. The summed E-state index contributed by atoms with van der Waals surface area (Å²) in [5.74, 6) is -0.226. The molecule has 92 valence electrons. The minimum atomic E-state index is -0.902. The third kappa shape index (κ3) is 2.63. The van der Waals surface area contributed by atoms with Crippen LogP contribution < -0.4 is 5.32 Å². The number of rotatable bonds is 4. The van der Waals surface area contributed by atoms with Gasteiger partial charge in [0.15, 0.2) is 0 Å². The number of nitrogens with one attached hydrogen (secondary N) is 1. The quantitative estimate of drug-likeness (QED) is 0.890. The SMILES string of the molecule is CC(Nc1cccc(Br)c1C(=O)O)C1CCC1. The molecule has 3 nitrogen and oxygen atoms in total. The zero-order valence-corrected chi connectivity index (χ0v) is 11.3. The fourth-order valence-corrected chi connectivity index (χ4v) is 2.70. The van der Waals surface area contributed by atoms with Crippen LogP contribution in [0.4, 0.5) is 5.69 Å². The van der Waals surface area contributed by atoms with Crippen molar-refractivity contribution in [2.45, 2.75) is 32.2 Å². The van der Waals surface area contributed by atoms with Gasteiger partial charge in [0.2, 0.25) is 0 Å². The van der Waals surface area contributed by atoms with E-state index in [4.69, 9.17) is 0 Å². The molecule has 0 aromatic heterocycles. The summed E-state index contributed by atoms with van der Waals surface area (Å²) in [5, 5.41) is 12.5. The van der Waals surface area contributed by atoms with Crippen molar-refractivity contribution < 1.29 is 9.90 Å². The van der Waals surface area contributed by atoms with Gasteiger partial charge < -0.3 is 10.4 Å². The molecule has 4 heteroatoms. The van der Waals surface area contributed by atoms with Crippen LogP contribution in [0.3, 0.4) is 0 Å². The molecule has 0 aliphatic heterocycles. The van der Waals surface area contributed by atoms with Gasteiger partial charge in [-0.1, -0.05) is 12.5 Å². The lowest BCUT2D eigenvalue weighted by Crippen LogP contribution is -2.31. The van der Waals surface area contributed by atoms with E-state index in [1.54, 1.807) is 6.07 Å². The summed E-state index contributed by atoms with van der Waals surface area (Å²) in [6.07, 6.45) is 3.77. The van der Waals surface area contributed by atoms with Gasteiger partial charge in [-0.3, -0.25) is 0 Å². The molecule has 2 rings (SSSR count). The number of carboxylic acids is 1. The lowest BCUT2D eigenvalue weighted by Gasteiger charge is -2.32. The molecule has 0 spiro atoms. The first kappa shape index (κ1) is 12.4. The summed E-state index contributed by atoms with van der Waals surface area (Å²) < 4.78 is 0.621. The van der Waals surface area contributed by atoms with Gasteiger partial charge in [0.25, 0.3) is 0 Å².